The average Bonchev–Trinajstić information content (AvgIpc) is 2.90. The molecular weight excluding hydrogens is 268 g/mol. The third-order valence-electron chi connectivity index (χ3n) is 3.27. The van der Waals surface area contributed by atoms with E-state index in [0.29, 0.717) is 12.4 Å². The van der Waals surface area contributed by atoms with Crippen LogP contribution >= 0.6 is 0 Å². The van der Waals surface area contributed by atoms with E-state index in [-0.39, 0.29) is 6.42 Å². The first-order valence-corrected chi connectivity index (χ1v) is 7.09. The Hall–Kier alpha value is -2.30. The monoisotopic (exact) mass is 288 g/mol. The molecule has 0 spiro atoms. The summed E-state index contributed by atoms with van der Waals surface area (Å²) in [5, 5.41) is 12.8. The van der Waals surface area contributed by atoms with Gasteiger partial charge in [-0.1, -0.05) is 35.5 Å². The number of carboxylic acids is 1. The van der Waals surface area contributed by atoms with Gasteiger partial charge in [0.25, 0.3) is 0 Å². The number of benzene rings is 1. The number of rotatable bonds is 8. The Balaban J connectivity index is 1.91. The van der Waals surface area contributed by atoms with Crippen molar-refractivity contribution in [3.8, 4) is 0 Å². The number of aromatic nitrogens is 1. The van der Waals surface area contributed by atoms with E-state index < -0.39 is 5.97 Å². The van der Waals surface area contributed by atoms with E-state index in [1.165, 1.54) is 5.56 Å². The number of aryl methyl sites for hydroxylation is 2. The molecule has 112 valence electrons. The number of carbonyl (C=O) groups is 1. The van der Waals surface area contributed by atoms with Gasteiger partial charge >= 0.3 is 5.97 Å². The lowest BCUT2D eigenvalue weighted by atomic mass is 10.1. The second-order valence-corrected chi connectivity index (χ2v) is 5.02. The first kappa shape index (κ1) is 15.1. The highest BCUT2D eigenvalue weighted by atomic mass is 16.5. The number of carboxylic acid groups (broad SMARTS) is 1. The first-order valence-electron chi connectivity index (χ1n) is 7.09. The third-order valence-corrected chi connectivity index (χ3v) is 3.27. The van der Waals surface area contributed by atoms with Crippen LogP contribution in [-0.4, -0.2) is 29.3 Å². The fourth-order valence-corrected chi connectivity index (χ4v) is 2.19. The van der Waals surface area contributed by atoms with E-state index in [9.17, 15) is 4.79 Å². The van der Waals surface area contributed by atoms with Gasteiger partial charge in [-0.25, -0.2) is 0 Å². The molecule has 1 aromatic carbocycles. The molecule has 0 atom stereocenters. The molecule has 21 heavy (non-hydrogen) atoms. The Morgan fingerprint density at radius 2 is 2.05 bits per heavy atom. The van der Waals surface area contributed by atoms with Crippen LogP contribution in [0.5, 0.6) is 0 Å². The van der Waals surface area contributed by atoms with Gasteiger partial charge < -0.3 is 14.5 Å². The smallest absolute Gasteiger partial charge is 0.305 e. The number of aliphatic carboxylic acids is 1. The number of nitrogens with zero attached hydrogens (tertiary/aromatic N) is 2. The molecule has 1 aromatic heterocycles. The third kappa shape index (κ3) is 4.95. The minimum absolute atomic E-state index is 0.0945. The molecule has 0 saturated heterocycles. The Kier molecular flexibility index (Phi) is 5.37. The van der Waals surface area contributed by atoms with Crippen molar-refractivity contribution >= 4 is 11.8 Å². The zero-order valence-corrected chi connectivity index (χ0v) is 12.2. The summed E-state index contributed by atoms with van der Waals surface area (Å²) in [6, 6.07) is 12.1. The topological polar surface area (TPSA) is 66.6 Å². The highest BCUT2D eigenvalue weighted by Gasteiger charge is 2.12. The molecule has 0 unspecified atom stereocenters. The Bertz CT molecular complexity index is 566. The lowest BCUT2D eigenvalue weighted by Gasteiger charge is -2.20. The summed E-state index contributed by atoms with van der Waals surface area (Å²) < 4.78 is 5.08. The van der Waals surface area contributed by atoms with Gasteiger partial charge in [0.2, 0.25) is 0 Å². The molecule has 2 aromatic rings. The Morgan fingerprint density at radius 1 is 1.29 bits per heavy atom. The van der Waals surface area contributed by atoms with Gasteiger partial charge in [0.05, 0.1) is 6.42 Å². The van der Waals surface area contributed by atoms with Crippen LogP contribution in [0.25, 0.3) is 0 Å². The highest BCUT2D eigenvalue weighted by molar-refractivity contribution is 5.67. The van der Waals surface area contributed by atoms with Crippen molar-refractivity contribution in [2.45, 2.75) is 26.2 Å². The molecule has 1 N–H and O–H groups in total. The lowest BCUT2D eigenvalue weighted by molar-refractivity contribution is -0.136. The van der Waals surface area contributed by atoms with E-state index >= 15 is 0 Å². The van der Waals surface area contributed by atoms with Crippen molar-refractivity contribution in [3.63, 3.8) is 0 Å². The quantitative estimate of drug-likeness (QED) is 0.809. The molecule has 0 amide bonds. The lowest BCUT2D eigenvalue weighted by Crippen LogP contribution is -2.27. The number of hydrogen-bond donors (Lipinski definition) is 1. The second kappa shape index (κ2) is 7.47. The second-order valence-electron chi connectivity index (χ2n) is 5.02. The SMILES string of the molecule is Cc1cc(N(CCCc2ccccc2)CCC(=O)O)no1. The maximum atomic E-state index is 10.8. The predicted molar refractivity (Wildman–Crippen MR) is 80.5 cm³/mol. The van der Waals surface area contributed by atoms with Crippen LogP contribution in [0.2, 0.25) is 0 Å². The fourth-order valence-electron chi connectivity index (χ4n) is 2.19. The zero-order chi connectivity index (χ0) is 15.1. The number of anilines is 1. The molecule has 0 saturated carbocycles. The maximum absolute atomic E-state index is 10.8. The summed E-state index contributed by atoms with van der Waals surface area (Å²) in [4.78, 5) is 12.7. The van der Waals surface area contributed by atoms with Crippen molar-refractivity contribution in [1.82, 2.24) is 5.16 Å². The minimum Gasteiger partial charge on any atom is -0.481 e. The van der Waals surface area contributed by atoms with Crippen LogP contribution in [0.1, 0.15) is 24.2 Å². The molecule has 0 radical (unpaired) electrons. The summed E-state index contributed by atoms with van der Waals surface area (Å²) >= 11 is 0. The van der Waals surface area contributed by atoms with Gasteiger partial charge in [0, 0.05) is 19.2 Å². The maximum Gasteiger partial charge on any atom is 0.305 e. The van der Waals surface area contributed by atoms with Crippen LogP contribution in [0.15, 0.2) is 40.9 Å². The average molecular weight is 288 g/mol. The normalized spacial score (nSPS) is 10.5. The van der Waals surface area contributed by atoms with Gasteiger partial charge in [-0.3, -0.25) is 4.79 Å². The van der Waals surface area contributed by atoms with Gasteiger partial charge in [0.15, 0.2) is 5.82 Å². The van der Waals surface area contributed by atoms with Crippen LogP contribution < -0.4 is 4.90 Å². The fraction of sp³-hybridized carbons (Fsp3) is 0.375. The van der Waals surface area contributed by atoms with Crippen molar-refractivity contribution < 1.29 is 14.4 Å². The Labute approximate surface area is 124 Å². The minimum atomic E-state index is -0.803. The zero-order valence-electron chi connectivity index (χ0n) is 12.2. The molecule has 0 aliphatic rings. The summed E-state index contributed by atoms with van der Waals surface area (Å²) in [6.45, 7) is 3.03. The van der Waals surface area contributed by atoms with Gasteiger partial charge in [-0.2, -0.15) is 0 Å². The summed E-state index contributed by atoms with van der Waals surface area (Å²) in [5.74, 6) is 0.637. The van der Waals surface area contributed by atoms with Gasteiger partial charge in [0.1, 0.15) is 5.76 Å². The summed E-state index contributed by atoms with van der Waals surface area (Å²) in [7, 11) is 0. The van der Waals surface area contributed by atoms with E-state index in [1.807, 2.05) is 36.1 Å². The van der Waals surface area contributed by atoms with Crippen LogP contribution in [0.3, 0.4) is 0 Å². The standard InChI is InChI=1S/C16H20N2O3/c1-13-12-15(17-21-13)18(11-9-16(19)20)10-5-8-14-6-3-2-4-7-14/h2-4,6-7,12H,5,8-11H2,1H3,(H,19,20). The van der Waals surface area contributed by atoms with E-state index in [0.717, 1.165) is 25.1 Å². The van der Waals surface area contributed by atoms with Crippen molar-refractivity contribution in [3.05, 3.63) is 47.7 Å². The molecule has 0 fully saturated rings. The van der Waals surface area contributed by atoms with Crippen LogP contribution in [-0.2, 0) is 11.2 Å². The Morgan fingerprint density at radius 3 is 2.67 bits per heavy atom. The molecule has 2 rings (SSSR count). The molecule has 0 aliphatic carbocycles. The molecule has 5 heteroatoms. The van der Waals surface area contributed by atoms with Crippen LogP contribution in [0, 0.1) is 6.92 Å². The molecular formula is C16H20N2O3. The molecule has 0 bridgehead atoms. The van der Waals surface area contributed by atoms with Crippen molar-refractivity contribution in [1.29, 1.82) is 0 Å². The summed E-state index contributed by atoms with van der Waals surface area (Å²) in [5.41, 5.74) is 1.28. The first-order chi connectivity index (χ1) is 10.1. The van der Waals surface area contributed by atoms with Crippen molar-refractivity contribution in [2.24, 2.45) is 0 Å². The summed E-state index contributed by atoms with van der Waals surface area (Å²) in [6.07, 6.45) is 1.99. The molecule has 1 heterocycles. The van der Waals surface area contributed by atoms with Gasteiger partial charge in [-0.05, 0) is 25.3 Å². The van der Waals surface area contributed by atoms with E-state index in [1.54, 1.807) is 0 Å². The van der Waals surface area contributed by atoms with Crippen molar-refractivity contribution in [2.75, 3.05) is 18.0 Å². The predicted octanol–water partition coefficient (Wildman–Crippen LogP) is 2.90. The molecule has 0 aliphatic heterocycles. The molecule has 5 nitrogen and oxygen atoms in total. The van der Waals surface area contributed by atoms with E-state index in [4.69, 9.17) is 9.63 Å². The number of hydrogen-bond acceptors (Lipinski definition) is 4. The van der Waals surface area contributed by atoms with Gasteiger partial charge in [-0.15, -0.1) is 0 Å². The highest BCUT2D eigenvalue weighted by Crippen LogP contribution is 2.15. The largest absolute Gasteiger partial charge is 0.481 e. The van der Waals surface area contributed by atoms with Crippen LogP contribution in [0.4, 0.5) is 5.82 Å². The van der Waals surface area contributed by atoms with E-state index in [2.05, 4.69) is 17.3 Å².